The summed E-state index contributed by atoms with van der Waals surface area (Å²) in [5.74, 6) is -1.51. The Morgan fingerprint density at radius 1 is 1.16 bits per heavy atom. The minimum absolute atomic E-state index is 0.0955. The highest BCUT2D eigenvalue weighted by molar-refractivity contribution is 6.20. The summed E-state index contributed by atoms with van der Waals surface area (Å²) in [6, 6.07) is 0.752. The number of nitrogens with zero attached hydrogens (tertiary/aromatic N) is 3. The lowest BCUT2D eigenvalue weighted by Gasteiger charge is -2.56. The summed E-state index contributed by atoms with van der Waals surface area (Å²) in [6.07, 6.45) is -4.11. The Morgan fingerprint density at radius 3 is 2.59 bits per heavy atom. The van der Waals surface area contributed by atoms with E-state index in [4.69, 9.17) is 18.7 Å². The van der Waals surface area contributed by atoms with Crippen LogP contribution < -0.4 is 20.4 Å². The van der Waals surface area contributed by atoms with Crippen LogP contribution in [0.3, 0.4) is 0 Å². The first kappa shape index (κ1) is 23.6. The standard InChI is InChI=1S/C23H24FN5O8/c1-9-16-23(19(30)25-21(32)26-20(23)31)6-11-4-13-15(5-14(11)29(16)17(24)10(2)36-9)37-27-18(13)28-12(7-34-3)8-35-22(28)33/h4-5,9-10,12,16-17H,6-8H2,1-3H3,(H2,25,26,30,31,32)/t9-,10+,12-,16+,17?/m0/s1. The SMILES string of the molecule is COC[C@H]1COC(=O)N1c1noc2cc3c(cc12)CC1(C(=O)NC(=O)NC1=O)[C@H]1[C@H](C)O[C@H](C)C(F)N31. The predicted octanol–water partition coefficient (Wildman–Crippen LogP) is 0.986. The number of amides is 5. The number of barbiturate groups is 1. The monoisotopic (exact) mass is 517 g/mol. The van der Waals surface area contributed by atoms with Gasteiger partial charge >= 0.3 is 12.1 Å². The largest absolute Gasteiger partial charge is 0.447 e. The molecule has 37 heavy (non-hydrogen) atoms. The molecule has 3 fully saturated rings. The zero-order chi connectivity index (χ0) is 26.2. The molecule has 0 radical (unpaired) electrons. The van der Waals surface area contributed by atoms with Crippen LogP contribution in [0.25, 0.3) is 11.0 Å². The highest BCUT2D eigenvalue weighted by Crippen LogP contribution is 2.50. The Bertz CT molecular complexity index is 1330. The van der Waals surface area contributed by atoms with Gasteiger partial charge in [-0.25, -0.2) is 18.9 Å². The quantitative estimate of drug-likeness (QED) is 0.445. The number of morpholine rings is 1. The van der Waals surface area contributed by atoms with Gasteiger partial charge in [0.15, 0.2) is 23.1 Å². The van der Waals surface area contributed by atoms with Gasteiger partial charge in [0, 0.05) is 18.9 Å². The molecule has 5 heterocycles. The molecule has 14 heteroatoms. The number of methoxy groups -OCH3 is 1. The number of imide groups is 2. The molecular formula is C23H24FN5O8. The maximum atomic E-state index is 15.8. The van der Waals surface area contributed by atoms with Gasteiger partial charge in [-0.3, -0.25) is 20.2 Å². The van der Waals surface area contributed by atoms with Crippen molar-refractivity contribution in [2.45, 2.75) is 50.9 Å². The zero-order valence-electron chi connectivity index (χ0n) is 20.1. The minimum atomic E-state index is -1.86. The summed E-state index contributed by atoms with van der Waals surface area (Å²) in [5.41, 5.74) is -0.755. The lowest BCUT2D eigenvalue weighted by atomic mass is 9.66. The lowest BCUT2D eigenvalue weighted by molar-refractivity contribution is -0.159. The summed E-state index contributed by atoms with van der Waals surface area (Å²) in [4.78, 5) is 53.7. The fraction of sp³-hybridized carbons (Fsp3) is 0.522. The molecule has 196 valence electrons. The Hall–Kier alpha value is -3.78. The number of hydrogen-bond acceptors (Lipinski definition) is 10. The third-order valence-corrected chi connectivity index (χ3v) is 7.54. The molecule has 1 aromatic carbocycles. The van der Waals surface area contributed by atoms with Crippen molar-refractivity contribution in [3.63, 3.8) is 0 Å². The number of fused-ring (bicyclic) bond motifs is 5. The van der Waals surface area contributed by atoms with Gasteiger partial charge in [0.1, 0.15) is 12.7 Å². The third-order valence-electron chi connectivity index (χ3n) is 7.54. The summed E-state index contributed by atoms with van der Waals surface area (Å²) < 4.78 is 37.5. The lowest BCUT2D eigenvalue weighted by Crippen LogP contribution is -2.76. The Kier molecular flexibility index (Phi) is 5.18. The Morgan fingerprint density at radius 2 is 1.89 bits per heavy atom. The van der Waals surface area contributed by atoms with Crippen molar-refractivity contribution in [2.24, 2.45) is 5.41 Å². The average Bonchev–Trinajstić information content (AvgIpc) is 3.41. The molecule has 2 aromatic rings. The van der Waals surface area contributed by atoms with Gasteiger partial charge < -0.3 is 23.6 Å². The molecule has 0 saturated carbocycles. The van der Waals surface area contributed by atoms with Crippen molar-refractivity contribution >= 4 is 46.4 Å². The second kappa shape index (κ2) is 8.11. The molecule has 0 bridgehead atoms. The van der Waals surface area contributed by atoms with E-state index in [0.29, 0.717) is 16.6 Å². The number of urea groups is 1. The van der Waals surface area contributed by atoms with Crippen LogP contribution in [0.2, 0.25) is 0 Å². The normalized spacial score (nSPS) is 30.8. The number of halogens is 1. The molecule has 4 aliphatic rings. The van der Waals surface area contributed by atoms with Crippen LogP contribution >= 0.6 is 0 Å². The first-order valence-corrected chi connectivity index (χ1v) is 11.8. The van der Waals surface area contributed by atoms with Crippen molar-refractivity contribution in [3.8, 4) is 0 Å². The molecule has 5 atom stereocenters. The van der Waals surface area contributed by atoms with E-state index in [-0.39, 0.29) is 31.0 Å². The van der Waals surface area contributed by atoms with E-state index in [2.05, 4.69) is 15.8 Å². The van der Waals surface area contributed by atoms with Crippen LogP contribution in [-0.2, 0) is 30.2 Å². The Balaban J connectivity index is 1.54. The highest BCUT2D eigenvalue weighted by Gasteiger charge is 2.64. The van der Waals surface area contributed by atoms with Crippen molar-refractivity contribution in [2.75, 3.05) is 30.1 Å². The number of benzene rings is 1. The number of anilines is 2. The summed E-state index contributed by atoms with van der Waals surface area (Å²) >= 11 is 0. The molecule has 4 aliphatic heterocycles. The van der Waals surface area contributed by atoms with Crippen LogP contribution in [0.15, 0.2) is 16.7 Å². The van der Waals surface area contributed by atoms with Crippen molar-refractivity contribution in [3.05, 3.63) is 17.7 Å². The number of carbonyl (C=O) groups excluding carboxylic acids is 4. The number of rotatable bonds is 3. The number of cyclic esters (lactones) is 1. The van der Waals surface area contributed by atoms with Gasteiger partial charge in [-0.05, 0) is 31.9 Å². The molecular weight excluding hydrogens is 493 g/mol. The predicted molar refractivity (Wildman–Crippen MR) is 122 cm³/mol. The fourth-order valence-corrected chi connectivity index (χ4v) is 6.00. The number of hydrogen-bond donors (Lipinski definition) is 2. The van der Waals surface area contributed by atoms with E-state index >= 15 is 4.39 Å². The second-order valence-corrected chi connectivity index (χ2v) is 9.70. The van der Waals surface area contributed by atoms with Crippen molar-refractivity contribution < 1.29 is 42.3 Å². The van der Waals surface area contributed by atoms with Gasteiger partial charge in [-0.1, -0.05) is 5.16 Å². The average molecular weight is 517 g/mol. The van der Waals surface area contributed by atoms with Gasteiger partial charge in [0.2, 0.25) is 11.8 Å². The van der Waals surface area contributed by atoms with Gasteiger partial charge in [-0.15, -0.1) is 0 Å². The maximum Gasteiger partial charge on any atom is 0.416 e. The fourth-order valence-electron chi connectivity index (χ4n) is 6.00. The van der Waals surface area contributed by atoms with Crippen LogP contribution in [0.5, 0.6) is 0 Å². The van der Waals surface area contributed by atoms with E-state index in [0.717, 1.165) is 0 Å². The van der Waals surface area contributed by atoms with Crippen LogP contribution in [0.4, 0.5) is 25.5 Å². The molecule has 1 unspecified atom stereocenters. The molecule has 0 aliphatic carbocycles. The van der Waals surface area contributed by atoms with Crippen LogP contribution in [-0.4, -0.2) is 80.0 Å². The molecule has 13 nitrogen and oxygen atoms in total. The molecule has 1 aromatic heterocycles. The smallest absolute Gasteiger partial charge is 0.416 e. The third kappa shape index (κ3) is 3.18. The zero-order valence-corrected chi connectivity index (χ0v) is 20.1. The van der Waals surface area contributed by atoms with Crippen LogP contribution in [0.1, 0.15) is 19.4 Å². The first-order chi connectivity index (χ1) is 17.7. The minimum Gasteiger partial charge on any atom is -0.447 e. The van der Waals surface area contributed by atoms with Crippen molar-refractivity contribution in [1.82, 2.24) is 15.8 Å². The molecule has 5 amide bonds. The highest BCUT2D eigenvalue weighted by atomic mass is 19.1. The molecule has 1 spiro atoms. The number of alkyl halides is 1. The van der Waals surface area contributed by atoms with E-state index < -0.39 is 59.9 Å². The topological polar surface area (TPSA) is 153 Å². The maximum absolute atomic E-state index is 15.8. The summed E-state index contributed by atoms with van der Waals surface area (Å²) in [6.45, 7) is 3.50. The second-order valence-electron chi connectivity index (χ2n) is 9.70. The van der Waals surface area contributed by atoms with Crippen LogP contribution in [0, 0.1) is 5.41 Å². The first-order valence-electron chi connectivity index (χ1n) is 11.8. The van der Waals surface area contributed by atoms with E-state index in [1.165, 1.54) is 16.9 Å². The number of carbonyl (C=O) groups is 4. The summed E-state index contributed by atoms with van der Waals surface area (Å²) in [5, 5.41) is 8.82. The molecule has 2 N–H and O–H groups in total. The number of nitrogens with one attached hydrogen (secondary N) is 2. The molecule has 6 rings (SSSR count). The van der Waals surface area contributed by atoms with E-state index in [9.17, 15) is 19.2 Å². The number of aromatic nitrogens is 1. The van der Waals surface area contributed by atoms with Gasteiger partial charge in [-0.2, -0.15) is 0 Å². The Labute approximate surface area is 209 Å². The van der Waals surface area contributed by atoms with E-state index in [1.807, 2.05) is 0 Å². The van der Waals surface area contributed by atoms with Gasteiger partial charge in [0.25, 0.3) is 0 Å². The van der Waals surface area contributed by atoms with E-state index in [1.54, 1.807) is 26.0 Å². The van der Waals surface area contributed by atoms with Crippen molar-refractivity contribution in [1.29, 1.82) is 0 Å². The summed E-state index contributed by atoms with van der Waals surface area (Å²) in [7, 11) is 1.50. The van der Waals surface area contributed by atoms with Gasteiger partial charge in [0.05, 0.1) is 30.2 Å². The number of ether oxygens (including phenoxy) is 3. The molecule has 3 saturated heterocycles.